The van der Waals surface area contributed by atoms with Gasteiger partial charge in [0.2, 0.25) is 0 Å². The van der Waals surface area contributed by atoms with E-state index in [0.29, 0.717) is 10.6 Å². The highest BCUT2D eigenvalue weighted by Crippen LogP contribution is 2.23. The molecule has 1 aromatic carbocycles. The zero-order chi connectivity index (χ0) is 11.5. The van der Waals surface area contributed by atoms with Gasteiger partial charge in [-0.2, -0.15) is 0 Å². The first-order valence-electron chi connectivity index (χ1n) is 4.67. The largest absolute Gasteiger partial charge is 0.325 e. The van der Waals surface area contributed by atoms with Crippen molar-refractivity contribution in [3.63, 3.8) is 0 Å². The van der Waals surface area contributed by atoms with E-state index in [9.17, 15) is 4.39 Å². The van der Waals surface area contributed by atoms with E-state index in [4.69, 9.17) is 17.3 Å². The molecule has 1 aromatic heterocycles. The van der Waals surface area contributed by atoms with Gasteiger partial charge in [0.05, 0.1) is 5.69 Å². The molecule has 1 heterocycles. The maximum Gasteiger partial charge on any atom is 0.172 e. The van der Waals surface area contributed by atoms with Crippen LogP contribution in [0.5, 0.6) is 0 Å². The van der Waals surface area contributed by atoms with Gasteiger partial charge >= 0.3 is 0 Å². The Labute approximate surface area is 97.1 Å². The smallest absolute Gasteiger partial charge is 0.172 e. The second kappa shape index (κ2) is 4.55. The monoisotopic (exact) mass is 237 g/mol. The van der Waals surface area contributed by atoms with E-state index >= 15 is 0 Å². The molecule has 0 bridgehead atoms. The maximum atomic E-state index is 13.8. The van der Waals surface area contributed by atoms with E-state index in [2.05, 4.69) is 9.97 Å². The van der Waals surface area contributed by atoms with Crippen LogP contribution in [0, 0.1) is 5.82 Å². The van der Waals surface area contributed by atoms with Crippen LogP contribution in [0.25, 0.3) is 11.3 Å². The second-order valence-electron chi connectivity index (χ2n) is 3.20. The third-order valence-corrected chi connectivity index (χ3v) is 2.39. The molecule has 0 saturated heterocycles. The van der Waals surface area contributed by atoms with Crippen molar-refractivity contribution in [2.24, 2.45) is 5.73 Å². The van der Waals surface area contributed by atoms with Crippen molar-refractivity contribution in [1.82, 2.24) is 9.97 Å². The lowest BCUT2D eigenvalue weighted by molar-refractivity contribution is 0.596. The normalized spacial score (nSPS) is 10.4. The van der Waals surface area contributed by atoms with Crippen LogP contribution in [0.15, 0.2) is 30.6 Å². The summed E-state index contributed by atoms with van der Waals surface area (Å²) in [4.78, 5) is 7.66. The molecule has 0 atom stereocenters. The zero-order valence-electron chi connectivity index (χ0n) is 8.32. The Hall–Kier alpha value is -1.52. The van der Waals surface area contributed by atoms with Gasteiger partial charge in [0.25, 0.3) is 0 Å². The third-order valence-electron chi connectivity index (χ3n) is 2.15. The van der Waals surface area contributed by atoms with Gasteiger partial charge in [0.15, 0.2) is 5.82 Å². The Morgan fingerprint density at radius 1 is 1.31 bits per heavy atom. The van der Waals surface area contributed by atoms with Gasteiger partial charge < -0.3 is 5.73 Å². The van der Waals surface area contributed by atoms with Gasteiger partial charge in [0, 0.05) is 17.1 Å². The number of rotatable bonds is 2. The van der Waals surface area contributed by atoms with Crippen molar-refractivity contribution in [3.8, 4) is 11.3 Å². The van der Waals surface area contributed by atoms with Crippen molar-refractivity contribution in [2.45, 2.75) is 6.54 Å². The van der Waals surface area contributed by atoms with Crippen LogP contribution in [0.1, 0.15) is 5.69 Å². The minimum absolute atomic E-state index is 0.0436. The molecule has 16 heavy (non-hydrogen) atoms. The van der Waals surface area contributed by atoms with Crippen LogP contribution < -0.4 is 5.73 Å². The molecule has 82 valence electrons. The van der Waals surface area contributed by atoms with Crippen molar-refractivity contribution >= 4 is 11.6 Å². The number of hydrogen-bond acceptors (Lipinski definition) is 3. The van der Waals surface area contributed by atoms with E-state index in [1.807, 2.05) is 0 Å². The summed E-state index contributed by atoms with van der Waals surface area (Å²) in [6, 6.07) is 6.83. The van der Waals surface area contributed by atoms with Gasteiger partial charge in [0.1, 0.15) is 12.0 Å². The van der Waals surface area contributed by atoms with Crippen LogP contribution in [0.2, 0.25) is 5.02 Å². The summed E-state index contributed by atoms with van der Waals surface area (Å²) in [5, 5.41) is 0.532. The molecule has 0 aliphatic carbocycles. The number of nitrogens with two attached hydrogens (primary N) is 1. The van der Waals surface area contributed by atoms with Crippen molar-refractivity contribution < 1.29 is 4.39 Å². The Balaban J connectivity index is 2.56. The molecule has 0 saturated carbocycles. The first-order chi connectivity index (χ1) is 7.72. The van der Waals surface area contributed by atoms with Crippen molar-refractivity contribution in [2.75, 3.05) is 0 Å². The summed E-state index contributed by atoms with van der Waals surface area (Å²) in [5.74, 6) is -0.493. The number of hydrogen-bond donors (Lipinski definition) is 1. The average Bonchev–Trinajstić information content (AvgIpc) is 2.29. The van der Waals surface area contributed by atoms with Gasteiger partial charge in [-0.3, -0.25) is 0 Å². The molecule has 0 radical (unpaired) electrons. The number of benzene rings is 1. The Bertz CT molecular complexity index is 516. The van der Waals surface area contributed by atoms with Crippen LogP contribution in [-0.4, -0.2) is 9.97 Å². The summed E-state index contributed by atoms with van der Waals surface area (Å²) < 4.78 is 13.8. The SMILES string of the molecule is NCc1ncnc(-c2cccc(Cl)c2)c1F. The molecule has 2 aromatic rings. The molecule has 0 amide bonds. The summed E-state index contributed by atoms with van der Waals surface area (Å²) in [6.45, 7) is 0.0436. The predicted octanol–water partition coefficient (Wildman–Crippen LogP) is 2.39. The Morgan fingerprint density at radius 3 is 2.81 bits per heavy atom. The topological polar surface area (TPSA) is 51.8 Å². The van der Waals surface area contributed by atoms with E-state index < -0.39 is 5.82 Å². The lowest BCUT2D eigenvalue weighted by Crippen LogP contribution is -2.05. The van der Waals surface area contributed by atoms with Crippen molar-refractivity contribution in [3.05, 3.63) is 47.1 Å². The quantitative estimate of drug-likeness (QED) is 0.873. The highest BCUT2D eigenvalue weighted by atomic mass is 35.5. The predicted molar refractivity (Wildman–Crippen MR) is 60.3 cm³/mol. The van der Waals surface area contributed by atoms with Crippen molar-refractivity contribution in [1.29, 1.82) is 0 Å². The van der Waals surface area contributed by atoms with Gasteiger partial charge in [-0.15, -0.1) is 0 Å². The fourth-order valence-electron chi connectivity index (χ4n) is 1.39. The van der Waals surface area contributed by atoms with Gasteiger partial charge in [-0.05, 0) is 12.1 Å². The van der Waals surface area contributed by atoms with Gasteiger partial charge in [-0.1, -0.05) is 23.7 Å². The molecule has 0 spiro atoms. The molecule has 0 aliphatic rings. The lowest BCUT2D eigenvalue weighted by atomic mass is 10.1. The second-order valence-corrected chi connectivity index (χ2v) is 3.63. The molecule has 0 aliphatic heterocycles. The molecular weight excluding hydrogens is 229 g/mol. The van der Waals surface area contributed by atoms with E-state index in [0.717, 1.165) is 0 Å². The third kappa shape index (κ3) is 2.03. The minimum atomic E-state index is -0.493. The van der Waals surface area contributed by atoms with E-state index in [1.54, 1.807) is 24.3 Å². The Kier molecular flexibility index (Phi) is 3.12. The zero-order valence-corrected chi connectivity index (χ0v) is 9.08. The summed E-state index contributed by atoms with van der Waals surface area (Å²) in [5.41, 5.74) is 6.40. The summed E-state index contributed by atoms with van der Waals surface area (Å²) in [6.07, 6.45) is 1.29. The standard InChI is InChI=1S/C11H9ClFN3/c12-8-3-1-2-7(4-8)11-10(13)9(5-14)15-6-16-11/h1-4,6H,5,14H2. The van der Waals surface area contributed by atoms with E-state index in [1.165, 1.54) is 6.33 Å². The first kappa shape index (κ1) is 11.0. The minimum Gasteiger partial charge on any atom is -0.325 e. The molecule has 0 fully saturated rings. The highest BCUT2D eigenvalue weighted by Gasteiger charge is 2.11. The number of aromatic nitrogens is 2. The molecule has 2 N–H and O–H groups in total. The molecule has 3 nitrogen and oxygen atoms in total. The molecule has 2 rings (SSSR count). The molecule has 5 heteroatoms. The number of halogens is 2. The maximum absolute atomic E-state index is 13.8. The summed E-state index contributed by atoms with van der Waals surface area (Å²) in [7, 11) is 0. The molecular formula is C11H9ClFN3. The van der Waals surface area contributed by atoms with Gasteiger partial charge in [-0.25, -0.2) is 14.4 Å². The van der Waals surface area contributed by atoms with Crippen LogP contribution in [-0.2, 0) is 6.54 Å². The summed E-state index contributed by atoms with van der Waals surface area (Å²) >= 11 is 5.83. The van der Waals surface area contributed by atoms with E-state index in [-0.39, 0.29) is 17.9 Å². The fraction of sp³-hybridized carbons (Fsp3) is 0.0909. The fourth-order valence-corrected chi connectivity index (χ4v) is 1.58. The van der Waals surface area contributed by atoms with Crippen LogP contribution in [0.3, 0.4) is 0 Å². The van der Waals surface area contributed by atoms with Crippen LogP contribution in [0.4, 0.5) is 4.39 Å². The number of nitrogens with zero attached hydrogens (tertiary/aromatic N) is 2. The first-order valence-corrected chi connectivity index (χ1v) is 5.05. The highest BCUT2D eigenvalue weighted by molar-refractivity contribution is 6.30. The lowest BCUT2D eigenvalue weighted by Gasteiger charge is -2.05. The van der Waals surface area contributed by atoms with Crippen LogP contribution >= 0.6 is 11.6 Å². The average molecular weight is 238 g/mol. The molecule has 0 unspecified atom stereocenters. The Morgan fingerprint density at radius 2 is 2.12 bits per heavy atom.